The molecule has 0 spiro atoms. The summed E-state index contributed by atoms with van der Waals surface area (Å²) in [5.41, 5.74) is 3.15. The number of nitrogens with zero attached hydrogens (tertiary/aromatic N) is 1. The quantitative estimate of drug-likeness (QED) is 0.756. The highest BCUT2D eigenvalue weighted by atomic mass is 35.5. The van der Waals surface area contributed by atoms with Gasteiger partial charge >= 0.3 is 0 Å². The van der Waals surface area contributed by atoms with Crippen LogP contribution < -0.4 is 0 Å². The summed E-state index contributed by atoms with van der Waals surface area (Å²) in [6, 6.07) is 5.99. The van der Waals surface area contributed by atoms with Gasteiger partial charge in [-0.1, -0.05) is 23.8 Å². The molecular weight excluding hydrogens is 222 g/mol. The van der Waals surface area contributed by atoms with E-state index in [4.69, 9.17) is 0 Å². The molecule has 16 heavy (non-hydrogen) atoms. The Labute approximate surface area is 104 Å². The van der Waals surface area contributed by atoms with Crippen molar-refractivity contribution in [2.45, 2.75) is 20.3 Å². The second-order valence-electron chi connectivity index (χ2n) is 4.29. The van der Waals surface area contributed by atoms with Gasteiger partial charge in [-0.2, -0.15) is 0 Å². The van der Waals surface area contributed by atoms with Crippen LogP contribution in [0.5, 0.6) is 0 Å². The number of ketones is 1. The van der Waals surface area contributed by atoms with Crippen LogP contribution in [0, 0.1) is 13.8 Å². The first-order valence-corrected chi connectivity index (χ1v) is 5.26. The van der Waals surface area contributed by atoms with E-state index < -0.39 is 0 Å². The summed E-state index contributed by atoms with van der Waals surface area (Å²) in [6.45, 7) is 4.85. The lowest BCUT2D eigenvalue weighted by Gasteiger charge is -2.10. The average Bonchev–Trinajstić information content (AvgIpc) is 2.14. The first kappa shape index (κ1) is 15.1. The minimum atomic E-state index is 0. The Morgan fingerprint density at radius 2 is 1.88 bits per heavy atom. The van der Waals surface area contributed by atoms with Crippen molar-refractivity contribution in [1.82, 2.24) is 4.90 Å². The lowest BCUT2D eigenvalue weighted by Crippen LogP contribution is -2.17. The van der Waals surface area contributed by atoms with Crippen molar-refractivity contribution in [1.29, 1.82) is 0 Å². The molecule has 0 unspecified atom stereocenters. The predicted octanol–water partition coefficient (Wildman–Crippen LogP) is 2.86. The summed E-state index contributed by atoms with van der Waals surface area (Å²) in [6.07, 6.45) is 0.594. The molecule has 2 nitrogen and oxygen atoms in total. The molecule has 0 aliphatic heterocycles. The molecule has 1 rings (SSSR count). The van der Waals surface area contributed by atoms with Crippen LogP contribution in [0.15, 0.2) is 18.2 Å². The summed E-state index contributed by atoms with van der Waals surface area (Å²) in [5.74, 6) is 0.237. The van der Waals surface area contributed by atoms with Crippen LogP contribution in [0.2, 0.25) is 0 Å². The van der Waals surface area contributed by atoms with Gasteiger partial charge < -0.3 is 4.90 Å². The van der Waals surface area contributed by atoms with Crippen LogP contribution in [-0.2, 0) is 0 Å². The Morgan fingerprint density at radius 1 is 1.25 bits per heavy atom. The summed E-state index contributed by atoms with van der Waals surface area (Å²) in [7, 11) is 3.96. The number of aryl methyl sites for hydroxylation is 2. The van der Waals surface area contributed by atoms with E-state index in [1.807, 2.05) is 45.0 Å². The van der Waals surface area contributed by atoms with E-state index in [0.29, 0.717) is 6.42 Å². The van der Waals surface area contributed by atoms with E-state index in [0.717, 1.165) is 17.7 Å². The third kappa shape index (κ3) is 4.33. The van der Waals surface area contributed by atoms with E-state index in [1.165, 1.54) is 5.56 Å². The van der Waals surface area contributed by atoms with Gasteiger partial charge in [0.2, 0.25) is 0 Å². The lowest BCUT2D eigenvalue weighted by atomic mass is 10.0. The number of hydrogen-bond donors (Lipinski definition) is 0. The molecule has 0 atom stereocenters. The normalized spacial score (nSPS) is 10.1. The summed E-state index contributed by atoms with van der Waals surface area (Å²) in [5, 5.41) is 0. The Morgan fingerprint density at radius 3 is 2.38 bits per heavy atom. The highest BCUT2D eigenvalue weighted by Gasteiger charge is 2.08. The predicted molar refractivity (Wildman–Crippen MR) is 70.7 cm³/mol. The van der Waals surface area contributed by atoms with Crippen molar-refractivity contribution in [2.24, 2.45) is 0 Å². The fourth-order valence-corrected chi connectivity index (χ4v) is 1.59. The number of halogens is 1. The molecule has 3 heteroatoms. The number of Topliss-reactive ketones (excluding diaryl/α,β-unsaturated/α-hetero) is 1. The van der Waals surface area contributed by atoms with E-state index in [-0.39, 0.29) is 18.2 Å². The smallest absolute Gasteiger partial charge is 0.164 e. The number of hydrogen-bond acceptors (Lipinski definition) is 2. The summed E-state index contributed by atoms with van der Waals surface area (Å²) >= 11 is 0. The Balaban J connectivity index is 0.00000225. The van der Waals surface area contributed by atoms with Gasteiger partial charge in [0.25, 0.3) is 0 Å². The highest BCUT2D eigenvalue weighted by Crippen LogP contribution is 2.12. The molecule has 0 aliphatic rings. The highest BCUT2D eigenvalue weighted by molar-refractivity contribution is 5.97. The molecule has 0 fully saturated rings. The van der Waals surface area contributed by atoms with Crippen LogP contribution in [0.1, 0.15) is 27.9 Å². The van der Waals surface area contributed by atoms with E-state index >= 15 is 0 Å². The van der Waals surface area contributed by atoms with Crippen LogP contribution in [-0.4, -0.2) is 31.3 Å². The average molecular weight is 242 g/mol. The van der Waals surface area contributed by atoms with Crippen LogP contribution >= 0.6 is 12.4 Å². The third-order valence-electron chi connectivity index (χ3n) is 2.47. The standard InChI is InChI=1S/C13H19NO.ClH/c1-10-5-6-12(11(2)9-10)13(15)7-8-14(3)4;/h5-6,9H,7-8H2,1-4H3;1H. The Bertz CT molecular complexity index is 361. The Kier molecular flexibility index (Phi) is 6.31. The number of carbonyl (C=O) groups is 1. The molecule has 90 valence electrons. The van der Waals surface area contributed by atoms with Crippen LogP contribution in [0.4, 0.5) is 0 Å². The second kappa shape index (κ2) is 6.66. The van der Waals surface area contributed by atoms with Crippen molar-refractivity contribution in [3.63, 3.8) is 0 Å². The first-order valence-electron chi connectivity index (χ1n) is 5.26. The van der Waals surface area contributed by atoms with Gasteiger partial charge in [0.1, 0.15) is 0 Å². The topological polar surface area (TPSA) is 20.3 Å². The molecule has 0 aromatic heterocycles. The SMILES string of the molecule is Cc1ccc(C(=O)CCN(C)C)c(C)c1.Cl. The molecule has 0 saturated carbocycles. The minimum Gasteiger partial charge on any atom is -0.309 e. The van der Waals surface area contributed by atoms with Gasteiger partial charge in [-0.3, -0.25) is 4.79 Å². The number of benzene rings is 1. The molecular formula is C13H20ClNO. The summed E-state index contributed by atoms with van der Waals surface area (Å²) in [4.78, 5) is 13.9. The van der Waals surface area contributed by atoms with E-state index in [2.05, 4.69) is 6.07 Å². The van der Waals surface area contributed by atoms with Gasteiger partial charge in [0, 0.05) is 18.5 Å². The third-order valence-corrected chi connectivity index (χ3v) is 2.47. The minimum absolute atomic E-state index is 0. The zero-order valence-corrected chi connectivity index (χ0v) is 11.2. The zero-order valence-electron chi connectivity index (χ0n) is 10.4. The molecule has 0 heterocycles. The van der Waals surface area contributed by atoms with Crippen molar-refractivity contribution in [3.8, 4) is 0 Å². The van der Waals surface area contributed by atoms with Crippen LogP contribution in [0.3, 0.4) is 0 Å². The van der Waals surface area contributed by atoms with Crippen LogP contribution in [0.25, 0.3) is 0 Å². The van der Waals surface area contributed by atoms with Gasteiger partial charge in [0.15, 0.2) is 5.78 Å². The molecule has 1 aromatic carbocycles. The molecule has 0 bridgehead atoms. The molecule has 0 aliphatic carbocycles. The zero-order chi connectivity index (χ0) is 11.4. The molecule has 1 aromatic rings. The first-order chi connectivity index (χ1) is 7.00. The maximum absolute atomic E-state index is 11.9. The molecule has 0 saturated heterocycles. The molecule has 0 N–H and O–H groups in total. The van der Waals surface area contributed by atoms with E-state index in [1.54, 1.807) is 0 Å². The van der Waals surface area contributed by atoms with E-state index in [9.17, 15) is 4.79 Å². The lowest BCUT2D eigenvalue weighted by molar-refractivity contribution is 0.0972. The van der Waals surface area contributed by atoms with Crippen molar-refractivity contribution < 1.29 is 4.79 Å². The van der Waals surface area contributed by atoms with Gasteiger partial charge in [-0.25, -0.2) is 0 Å². The maximum atomic E-state index is 11.9. The number of carbonyl (C=O) groups excluding carboxylic acids is 1. The fraction of sp³-hybridized carbons (Fsp3) is 0.462. The maximum Gasteiger partial charge on any atom is 0.164 e. The Hall–Kier alpha value is -0.860. The van der Waals surface area contributed by atoms with Crippen molar-refractivity contribution >= 4 is 18.2 Å². The molecule has 0 amide bonds. The van der Waals surface area contributed by atoms with Gasteiger partial charge in [-0.05, 0) is 33.5 Å². The molecule has 0 radical (unpaired) electrons. The fourth-order valence-electron chi connectivity index (χ4n) is 1.59. The summed E-state index contributed by atoms with van der Waals surface area (Å²) < 4.78 is 0. The largest absolute Gasteiger partial charge is 0.309 e. The second-order valence-corrected chi connectivity index (χ2v) is 4.29. The van der Waals surface area contributed by atoms with Gasteiger partial charge in [-0.15, -0.1) is 12.4 Å². The van der Waals surface area contributed by atoms with Crippen molar-refractivity contribution in [3.05, 3.63) is 34.9 Å². The van der Waals surface area contributed by atoms with Crippen molar-refractivity contribution in [2.75, 3.05) is 20.6 Å². The monoisotopic (exact) mass is 241 g/mol. The number of rotatable bonds is 4. The van der Waals surface area contributed by atoms with Gasteiger partial charge in [0.05, 0.1) is 0 Å².